The molecular formula is C24H30N4OS. The summed E-state index contributed by atoms with van der Waals surface area (Å²) in [6, 6.07) is 12.0. The fraction of sp³-hybridized carbons (Fsp3) is 0.375. The normalized spacial score (nSPS) is 11.1. The second-order valence-electron chi connectivity index (χ2n) is 7.95. The molecule has 30 heavy (non-hydrogen) atoms. The first-order chi connectivity index (χ1) is 14.4. The first-order valence-corrected chi connectivity index (χ1v) is 11.4. The first kappa shape index (κ1) is 22.1. The van der Waals surface area contributed by atoms with E-state index in [2.05, 4.69) is 46.9 Å². The van der Waals surface area contributed by atoms with E-state index >= 15 is 0 Å². The lowest BCUT2D eigenvalue weighted by molar-refractivity contribution is -0.116. The maximum Gasteiger partial charge on any atom is 0.224 e. The zero-order valence-corrected chi connectivity index (χ0v) is 19.0. The number of rotatable bonds is 9. The number of benzene rings is 1. The van der Waals surface area contributed by atoms with Gasteiger partial charge < -0.3 is 5.32 Å². The van der Waals surface area contributed by atoms with Crippen molar-refractivity contribution in [1.29, 1.82) is 0 Å². The van der Waals surface area contributed by atoms with Crippen LogP contribution in [0, 0.1) is 19.8 Å². The molecule has 0 aliphatic rings. The van der Waals surface area contributed by atoms with Gasteiger partial charge in [-0.2, -0.15) is 5.10 Å². The van der Waals surface area contributed by atoms with Crippen molar-refractivity contribution in [2.24, 2.45) is 5.92 Å². The lowest BCUT2D eigenvalue weighted by atomic mass is 10.1. The van der Waals surface area contributed by atoms with Gasteiger partial charge in [-0.25, -0.2) is 0 Å². The molecule has 1 N–H and O–H groups in total. The van der Waals surface area contributed by atoms with Crippen LogP contribution in [0.4, 0.5) is 5.69 Å². The Kier molecular flexibility index (Phi) is 7.69. The fourth-order valence-corrected chi connectivity index (χ4v) is 4.20. The highest BCUT2D eigenvalue weighted by atomic mass is 32.2. The topological polar surface area (TPSA) is 59.8 Å². The van der Waals surface area contributed by atoms with E-state index in [-0.39, 0.29) is 5.91 Å². The molecule has 5 nitrogen and oxygen atoms in total. The summed E-state index contributed by atoms with van der Waals surface area (Å²) in [7, 11) is 0. The van der Waals surface area contributed by atoms with E-state index in [0.29, 0.717) is 18.8 Å². The number of pyridine rings is 1. The molecular weight excluding hydrogens is 392 g/mol. The molecule has 3 rings (SSSR count). The van der Waals surface area contributed by atoms with Crippen molar-refractivity contribution in [1.82, 2.24) is 14.8 Å². The van der Waals surface area contributed by atoms with Gasteiger partial charge in [0.15, 0.2) is 0 Å². The number of thioether (sulfide) groups is 1. The highest BCUT2D eigenvalue weighted by molar-refractivity contribution is 7.98. The smallest absolute Gasteiger partial charge is 0.224 e. The van der Waals surface area contributed by atoms with Crippen LogP contribution in [0.2, 0.25) is 0 Å². The van der Waals surface area contributed by atoms with Crippen LogP contribution in [-0.2, 0) is 23.5 Å². The number of amides is 1. The number of nitrogens with one attached hydrogen (secondary N) is 1. The van der Waals surface area contributed by atoms with E-state index in [4.69, 9.17) is 0 Å². The molecule has 6 heteroatoms. The Balaban J connectivity index is 1.50. The molecule has 0 spiro atoms. The van der Waals surface area contributed by atoms with E-state index in [1.807, 2.05) is 43.5 Å². The van der Waals surface area contributed by atoms with Gasteiger partial charge in [0, 0.05) is 47.4 Å². The van der Waals surface area contributed by atoms with Crippen molar-refractivity contribution in [2.75, 3.05) is 5.32 Å². The summed E-state index contributed by atoms with van der Waals surface area (Å²) < 4.78 is 2.06. The Morgan fingerprint density at radius 2 is 1.93 bits per heavy atom. The summed E-state index contributed by atoms with van der Waals surface area (Å²) in [6.45, 7) is 9.40. The van der Waals surface area contributed by atoms with Crippen LogP contribution < -0.4 is 5.32 Å². The number of carbonyl (C=O) groups is 1. The van der Waals surface area contributed by atoms with Crippen LogP contribution in [0.3, 0.4) is 0 Å². The number of hydrogen-bond donors (Lipinski definition) is 1. The van der Waals surface area contributed by atoms with Crippen molar-refractivity contribution < 1.29 is 4.79 Å². The van der Waals surface area contributed by atoms with Gasteiger partial charge in [0.1, 0.15) is 0 Å². The van der Waals surface area contributed by atoms with Gasteiger partial charge in [-0.3, -0.25) is 14.5 Å². The van der Waals surface area contributed by atoms with Crippen LogP contribution >= 0.6 is 11.8 Å². The summed E-state index contributed by atoms with van der Waals surface area (Å²) in [5, 5.41) is 7.65. The van der Waals surface area contributed by atoms with Crippen molar-refractivity contribution >= 4 is 23.4 Å². The second-order valence-corrected chi connectivity index (χ2v) is 9.00. The average Bonchev–Trinajstić information content (AvgIpc) is 2.98. The van der Waals surface area contributed by atoms with Crippen LogP contribution in [0.25, 0.3) is 0 Å². The van der Waals surface area contributed by atoms with Crippen LogP contribution in [0.1, 0.15) is 42.8 Å². The van der Waals surface area contributed by atoms with Gasteiger partial charge in [-0.1, -0.05) is 19.9 Å². The van der Waals surface area contributed by atoms with E-state index in [1.165, 1.54) is 21.7 Å². The quantitative estimate of drug-likeness (QED) is 0.468. The Hall–Kier alpha value is -2.60. The maximum atomic E-state index is 12.4. The largest absolute Gasteiger partial charge is 0.326 e. The van der Waals surface area contributed by atoms with E-state index in [9.17, 15) is 4.79 Å². The SMILES string of the molecule is Cc1nn(CC(C)C)c(C)c1CCC(=O)Nc1ccc(SCc2cccnc2)cc1. The third kappa shape index (κ3) is 6.20. The summed E-state index contributed by atoms with van der Waals surface area (Å²) in [5.41, 5.74) is 5.41. The molecule has 0 fully saturated rings. The average molecular weight is 423 g/mol. The van der Waals surface area contributed by atoms with Crippen molar-refractivity contribution in [3.05, 3.63) is 71.3 Å². The second kappa shape index (κ2) is 10.4. The molecule has 1 aromatic carbocycles. The first-order valence-electron chi connectivity index (χ1n) is 10.4. The maximum absolute atomic E-state index is 12.4. The minimum Gasteiger partial charge on any atom is -0.326 e. The summed E-state index contributed by atoms with van der Waals surface area (Å²) in [6.07, 6.45) is 4.83. The van der Waals surface area contributed by atoms with Gasteiger partial charge in [-0.15, -0.1) is 11.8 Å². The summed E-state index contributed by atoms with van der Waals surface area (Å²) >= 11 is 1.76. The Labute approximate surface area is 183 Å². The van der Waals surface area contributed by atoms with Crippen LogP contribution in [0.5, 0.6) is 0 Å². The zero-order valence-electron chi connectivity index (χ0n) is 18.2. The molecule has 0 unspecified atom stereocenters. The van der Waals surface area contributed by atoms with Gasteiger partial charge in [0.2, 0.25) is 5.91 Å². The van der Waals surface area contributed by atoms with E-state index < -0.39 is 0 Å². The van der Waals surface area contributed by atoms with Crippen LogP contribution in [-0.4, -0.2) is 20.7 Å². The monoisotopic (exact) mass is 422 g/mol. The molecule has 0 aliphatic heterocycles. The molecule has 0 aliphatic carbocycles. The van der Waals surface area contributed by atoms with Gasteiger partial charge in [-0.05, 0) is 67.6 Å². The summed E-state index contributed by atoms with van der Waals surface area (Å²) in [4.78, 5) is 17.7. The predicted octanol–water partition coefficient (Wildman–Crippen LogP) is 5.41. The molecule has 1 amide bonds. The minimum atomic E-state index is 0.0289. The third-order valence-electron chi connectivity index (χ3n) is 4.94. The van der Waals surface area contributed by atoms with Crippen LogP contribution in [0.15, 0.2) is 53.7 Å². The molecule has 0 saturated heterocycles. The molecule has 0 radical (unpaired) electrons. The number of aromatic nitrogens is 3. The Bertz CT molecular complexity index is 965. The van der Waals surface area contributed by atoms with Crippen molar-refractivity contribution in [2.45, 2.75) is 57.7 Å². The van der Waals surface area contributed by atoms with E-state index in [1.54, 1.807) is 18.0 Å². The van der Waals surface area contributed by atoms with Gasteiger partial charge >= 0.3 is 0 Å². The number of carbonyl (C=O) groups excluding carboxylic acids is 1. The van der Waals surface area contributed by atoms with E-state index in [0.717, 1.165) is 23.7 Å². The molecule has 158 valence electrons. The summed E-state index contributed by atoms with van der Waals surface area (Å²) in [5.74, 6) is 1.45. The molecule has 0 atom stereocenters. The number of nitrogens with zero attached hydrogens (tertiary/aromatic N) is 3. The third-order valence-corrected chi connectivity index (χ3v) is 6.02. The molecule has 3 aromatic rings. The highest BCUT2D eigenvalue weighted by Crippen LogP contribution is 2.24. The molecule has 2 aromatic heterocycles. The molecule has 2 heterocycles. The lowest BCUT2D eigenvalue weighted by Gasteiger charge is -2.09. The van der Waals surface area contributed by atoms with Gasteiger partial charge in [0.05, 0.1) is 5.69 Å². The Morgan fingerprint density at radius 3 is 2.60 bits per heavy atom. The number of aryl methyl sites for hydroxylation is 1. The lowest BCUT2D eigenvalue weighted by Crippen LogP contribution is -2.13. The molecule has 0 bridgehead atoms. The minimum absolute atomic E-state index is 0.0289. The zero-order chi connectivity index (χ0) is 21.5. The van der Waals surface area contributed by atoms with Crippen molar-refractivity contribution in [3.8, 4) is 0 Å². The Morgan fingerprint density at radius 1 is 1.17 bits per heavy atom. The predicted molar refractivity (Wildman–Crippen MR) is 124 cm³/mol. The highest BCUT2D eigenvalue weighted by Gasteiger charge is 2.14. The van der Waals surface area contributed by atoms with Crippen molar-refractivity contribution in [3.63, 3.8) is 0 Å². The fourth-order valence-electron chi connectivity index (χ4n) is 3.37. The van der Waals surface area contributed by atoms with Gasteiger partial charge in [0.25, 0.3) is 0 Å². The molecule has 0 saturated carbocycles. The number of hydrogen-bond acceptors (Lipinski definition) is 4. The standard InChI is InChI=1S/C24H30N4OS/c1-17(2)15-28-19(4)23(18(3)27-28)11-12-24(29)26-21-7-9-22(10-8-21)30-16-20-6-5-13-25-14-20/h5-10,13-14,17H,11-12,15-16H2,1-4H3,(H,26,29). The number of anilines is 1.